The van der Waals surface area contributed by atoms with E-state index in [1.54, 1.807) is 0 Å². The van der Waals surface area contributed by atoms with Crippen LogP contribution in [-0.4, -0.2) is 212 Å². The van der Waals surface area contributed by atoms with Crippen LogP contribution in [0.1, 0.15) is 77.0 Å². The van der Waals surface area contributed by atoms with Crippen molar-refractivity contribution in [1.82, 2.24) is 0 Å². The van der Waals surface area contributed by atoms with Gasteiger partial charge in [-0.2, -0.15) is 0 Å². The fraction of sp³-hybridized carbons (Fsp3) is 0.500. The summed E-state index contributed by atoms with van der Waals surface area (Å²) in [7, 11) is 0. The SMILES string of the molecule is C1CCOC1.C1CCOC1.C1CCOC1.C1CCOC1.C1CCOC1.C1CCOC1.[Fe+2].[Fe+2].[Fe+3].[Fe+3].[Se-2].[Se-2].[Se-2].[Se-2].[Se-]c1ccccc1.[Se-]c1ccccc1.[Se-]c1ccccc1.[Se-]c1ccccc1.[Yb+2]. The molecular formula is C48H68Fe4O6Se8Yb. The molecule has 390 valence electrons. The summed E-state index contributed by atoms with van der Waals surface area (Å²) in [5.41, 5.74) is 0. The van der Waals surface area contributed by atoms with E-state index in [4.69, 9.17) is 28.4 Å². The Bertz CT molecular complexity index is 1090. The summed E-state index contributed by atoms with van der Waals surface area (Å²) in [6.07, 6.45) is 15.3. The second-order valence-electron chi connectivity index (χ2n) is 13.2. The molecule has 0 atom stereocenters. The minimum Gasteiger partial charge on any atom is 2.00 e. The van der Waals surface area contributed by atoms with E-state index in [1.807, 2.05) is 121 Å². The molecule has 6 fully saturated rings. The van der Waals surface area contributed by atoms with E-state index in [0.717, 1.165) is 79.3 Å². The fourth-order valence-electron chi connectivity index (χ4n) is 4.74. The molecule has 0 unspecified atom stereocenters. The Labute approximate surface area is 562 Å². The fourth-order valence-corrected chi connectivity index (χ4v) is 6.06. The first-order valence-electron chi connectivity index (χ1n) is 20.9. The number of benzene rings is 4. The Kier molecular flexibility index (Phi) is 104. The zero-order valence-electron chi connectivity index (χ0n) is 37.9. The smallest absolute Gasteiger partial charge is 2.00 e. The zero-order valence-corrected chi connectivity index (χ0v) is 57.8. The molecule has 0 spiro atoms. The Morgan fingerprint density at radius 2 is 0.343 bits per heavy atom. The zero-order chi connectivity index (χ0) is 41.7. The van der Waals surface area contributed by atoms with Crippen molar-refractivity contribution >= 4 is 150 Å². The molecule has 19 heteroatoms. The van der Waals surface area contributed by atoms with Crippen LogP contribution in [0.15, 0.2) is 121 Å². The van der Waals surface area contributed by atoms with E-state index in [0.29, 0.717) is 0 Å². The maximum absolute atomic E-state index is 4.94. The van der Waals surface area contributed by atoms with Crippen molar-refractivity contribution in [1.29, 1.82) is 0 Å². The van der Waals surface area contributed by atoms with Crippen LogP contribution in [0.25, 0.3) is 0 Å². The van der Waals surface area contributed by atoms with Crippen LogP contribution in [0.4, 0.5) is 0 Å². The van der Waals surface area contributed by atoms with Gasteiger partial charge in [-0.15, -0.1) is 0 Å². The van der Waals surface area contributed by atoms with Gasteiger partial charge in [0.1, 0.15) is 0 Å². The Morgan fingerprint density at radius 1 is 0.239 bits per heavy atom. The largest absolute Gasteiger partial charge is 2.00 e. The molecule has 0 aromatic heterocycles. The third-order valence-corrected chi connectivity index (χ3v) is 10.2. The van der Waals surface area contributed by atoms with Crippen LogP contribution in [0.2, 0.25) is 0 Å². The standard InChI is InChI=1S/4C6H6Se.6C4H8O.4Fe.4Se.Yb/c4*7-6-4-2-1-3-5-6;6*1-2-4-5-3-1;;;;;;;;;/h4*1-5,7H;6*1-4H2;;;;;;;;;/q;;;;;;;;;;2*+2;2*+3;4*-2;+2/p-4. The molecule has 67 heavy (non-hydrogen) atoms. The van der Waals surface area contributed by atoms with Gasteiger partial charge in [0, 0.05) is 79.3 Å². The summed E-state index contributed by atoms with van der Waals surface area (Å²) in [6.45, 7) is 12.0. The first-order chi connectivity index (χ1) is 28.6. The van der Waals surface area contributed by atoms with Gasteiger partial charge in [-0.3, -0.25) is 0 Å². The van der Waals surface area contributed by atoms with Gasteiger partial charge >= 0.3 is 318 Å². The van der Waals surface area contributed by atoms with Crippen molar-refractivity contribution in [3.05, 3.63) is 121 Å². The normalized spacial score (nSPS) is 14.3. The van der Waals surface area contributed by atoms with Crippen LogP contribution in [-0.2, 0) is 96.7 Å². The predicted molar refractivity (Wildman–Crippen MR) is 271 cm³/mol. The molecule has 0 bridgehead atoms. The monoisotopic (exact) mass is 1780 g/mol. The van der Waals surface area contributed by atoms with Crippen molar-refractivity contribution in [3.63, 3.8) is 0 Å². The number of hydrogen-bond acceptors (Lipinski definition) is 6. The molecule has 0 saturated carbocycles. The second-order valence-corrected chi connectivity index (χ2v) is 17.1. The molecule has 0 N–H and O–H groups in total. The maximum atomic E-state index is 4.94. The van der Waals surface area contributed by atoms with Crippen molar-refractivity contribution < 1.29 is 144 Å². The summed E-state index contributed by atoms with van der Waals surface area (Å²) in [5.74, 6) is 0. The van der Waals surface area contributed by atoms with Crippen molar-refractivity contribution in [2.75, 3.05) is 79.3 Å². The van der Waals surface area contributed by atoms with Crippen molar-refractivity contribution in [2.45, 2.75) is 77.0 Å². The first-order valence-corrected chi connectivity index (χ1v) is 24.3. The van der Waals surface area contributed by atoms with E-state index in [1.165, 1.54) is 94.9 Å². The van der Waals surface area contributed by atoms with Crippen LogP contribution in [0.5, 0.6) is 0 Å². The molecule has 6 aliphatic heterocycles. The van der Waals surface area contributed by atoms with Crippen LogP contribution < -0.4 is 17.8 Å². The molecule has 6 heterocycles. The summed E-state index contributed by atoms with van der Waals surface area (Å²) < 4.78 is 34.5. The second kappa shape index (κ2) is 76.9. The van der Waals surface area contributed by atoms with E-state index >= 15 is 0 Å². The van der Waals surface area contributed by atoms with Crippen LogP contribution in [0.3, 0.4) is 0 Å². The molecule has 6 aliphatic rings. The molecule has 4 aromatic carbocycles. The summed E-state index contributed by atoms with van der Waals surface area (Å²) in [6, 6.07) is 40.3. The van der Waals surface area contributed by atoms with Gasteiger partial charge in [0.15, 0.2) is 0 Å². The molecule has 10 rings (SSSR count). The van der Waals surface area contributed by atoms with Gasteiger partial charge in [-0.1, -0.05) is 0 Å². The summed E-state index contributed by atoms with van der Waals surface area (Å²) in [5, 5.41) is 0. The number of ether oxygens (including phenoxy) is 6. The van der Waals surface area contributed by atoms with Crippen molar-refractivity contribution in [3.8, 4) is 0 Å². The average Bonchev–Trinajstić information content (AvgIpc) is 4.14. The Morgan fingerprint density at radius 3 is 0.388 bits per heavy atom. The van der Waals surface area contributed by atoms with Crippen LogP contribution in [0, 0.1) is 46.9 Å². The topological polar surface area (TPSA) is 55.4 Å². The van der Waals surface area contributed by atoms with E-state index in [9.17, 15) is 0 Å². The summed E-state index contributed by atoms with van der Waals surface area (Å²) in [4.78, 5) is 0. The van der Waals surface area contributed by atoms with E-state index in [2.05, 4.69) is 64.1 Å². The molecule has 4 aromatic rings. The molecule has 6 saturated heterocycles. The minimum absolute atomic E-state index is 0. The molecule has 0 aliphatic carbocycles. The molecule has 0 amide bonds. The van der Waals surface area contributed by atoms with Crippen LogP contribution >= 0.6 is 0 Å². The number of rotatable bonds is 0. The van der Waals surface area contributed by atoms with Gasteiger partial charge in [0.05, 0.1) is 0 Å². The number of hydrogen-bond donors (Lipinski definition) is 0. The first kappa shape index (κ1) is 90.9. The molecule has 2 radical (unpaired) electrons. The van der Waals surface area contributed by atoms with Gasteiger partial charge in [-0.05, 0) is 77.0 Å². The summed E-state index contributed by atoms with van der Waals surface area (Å²) >= 11 is 11.6. The Balaban J connectivity index is -0.0000000788. The quantitative estimate of drug-likeness (QED) is 0.227. The Hall–Kier alpha value is 4.39. The van der Waals surface area contributed by atoms with E-state index < -0.39 is 0 Å². The molecular weight excluding hydrogens is 1700 g/mol. The average molecular weight is 1770 g/mol. The van der Waals surface area contributed by atoms with Gasteiger partial charge < -0.3 is 96.7 Å². The van der Waals surface area contributed by atoms with E-state index in [-0.39, 0.29) is 183 Å². The van der Waals surface area contributed by atoms with Gasteiger partial charge in [0.25, 0.3) is 0 Å². The maximum Gasteiger partial charge on any atom is 2.00 e. The van der Waals surface area contributed by atoms with Gasteiger partial charge in [0.2, 0.25) is 0 Å². The third kappa shape index (κ3) is 74.7. The van der Waals surface area contributed by atoms with Crippen molar-refractivity contribution in [2.24, 2.45) is 0 Å². The third-order valence-electron chi connectivity index (χ3n) is 7.94. The minimum atomic E-state index is 0. The predicted octanol–water partition coefficient (Wildman–Crippen LogP) is 5.17. The molecule has 6 nitrogen and oxygen atoms in total. The van der Waals surface area contributed by atoms with Gasteiger partial charge in [-0.25, -0.2) is 0 Å².